The zero-order valence-corrected chi connectivity index (χ0v) is 12.8. The van der Waals surface area contributed by atoms with Gasteiger partial charge < -0.3 is 4.98 Å². The first kappa shape index (κ1) is 14.5. The lowest BCUT2D eigenvalue weighted by Crippen LogP contribution is -2.21. The second kappa shape index (κ2) is 6.12. The smallest absolute Gasteiger partial charge is 0.258 e. The molecule has 22 heavy (non-hydrogen) atoms. The van der Waals surface area contributed by atoms with Crippen molar-refractivity contribution in [3.63, 3.8) is 0 Å². The van der Waals surface area contributed by atoms with Crippen molar-refractivity contribution in [1.29, 1.82) is 0 Å². The fraction of sp³-hybridized carbons (Fsp3) is 0.222. The predicted molar refractivity (Wildman–Crippen MR) is 88.7 cm³/mol. The van der Waals surface area contributed by atoms with Crippen molar-refractivity contribution in [2.24, 2.45) is 0 Å². The van der Waals surface area contributed by atoms with Crippen molar-refractivity contribution in [3.8, 4) is 0 Å². The molecule has 0 fully saturated rings. The van der Waals surface area contributed by atoms with Crippen molar-refractivity contribution in [2.45, 2.75) is 20.0 Å². The molecular weight excluding hydrogens is 274 g/mol. The van der Waals surface area contributed by atoms with Gasteiger partial charge in [-0.2, -0.15) is 0 Å². The number of rotatable bonds is 4. The summed E-state index contributed by atoms with van der Waals surface area (Å²) >= 11 is 0. The Morgan fingerprint density at radius 1 is 1.09 bits per heavy atom. The quantitative estimate of drug-likeness (QED) is 0.804. The van der Waals surface area contributed by atoms with Gasteiger partial charge in [-0.05, 0) is 31.7 Å². The van der Waals surface area contributed by atoms with E-state index in [4.69, 9.17) is 0 Å². The minimum atomic E-state index is -0.0791. The standard InChI is InChI=1S/C18H19N3O/c1-13-6-5-7-14(10-13)11-21(2)12-17-19-16-9-4-3-8-15(16)18(22)20-17/h3-10H,11-12H2,1-2H3,(H,19,20,22). The summed E-state index contributed by atoms with van der Waals surface area (Å²) < 4.78 is 0. The number of nitrogens with one attached hydrogen (secondary N) is 1. The number of aromatic nitrogens is 2. The Morgan fingerprint density at radius 2 is 1.91 bits per heavy atom. The molecule has 4 nitrogen and oxygen atoms in total. The molecule has 0 aliphatic heterocycles. The van der Waals surface area contributed by atoms with Crippen LogP contribution in [0.1, 0.15) is 17.0 Å². The van der Waals surface area contributed by atoms with E-state index in [1.54, 1.807) is 6.07 Å². The summed E-state index contributed by atoms with van der Waals surface area (Å²) in [6.45, 7) is 3.51. The molecule has 0 atom stereocenters. The highest BCUT2D eigenvalue weighted by atomic mass is 16.1. The van der Waals surface area contributed by atoms with E-state index in [0.717, 1.165) is 12.1 Å². The van der Waals surface area contributed by atoms with Gasteiger partial charge in [-0.1, -0.05) is 42.0 Å². The van der Waals surface area contributed by atoms with Crippen LogP contribution in [-0.4, -0.2) is 21.9 Å². The molecule has 3 aromatic rings. The van der Waals surface area contributed by atoms with E-state index in [9.17, 15) is 4.79 Å². The Hall–Kier alpha value is -2.46. The summed E-state index contributed by atoms with van der Waals surface area (Å²) in [5, 5.41) is 0.632. The van der Waals surface area contributed by atoms with E-state index < -0.39 is 0 Å². The van der Waals surface area contributed by atoms with Gasteiger partial charge in [0.15, 0.2) is 0 Å². The Bertz CT molecular complexity index is 854. The average Bonchev–Trinajstić information content (AvgIpc) is 2.47. The zero-order chi connectivity index (χ0) is 15.5. The summed E-state index contributed by atoms with van der Waals surface area (Å²) in [5.41, 5.74) is 3.17. The van der Waals surface area contributed by atoms with Crippen molar-refractivity contribution in [1.82, 2.24) is 14.9 Å². The predicted octanol–water partition coefficient (Wildman–Crippen LogP) is 2.86. The minimum Gasteiger partial charge on any atom is -0.309 e. The number of nitrogens with zero attached hydrogens (tertiary/aromatic N) is 2. The molecule has 0 saturated carbocycles. The van der Waals surface area contributed by atoms with Crippen molar-refractivity contribution in [2.75, 3.05) is 7.05 Å². The first-order valence-electron chi connectivity index (χ1n) is 7.34. The van der Waals surface area contributed by atoms with E-state index in [2.05, 4.69) is 46.1 Å². The number of hydrogen-bond acceptors (Lipinski definition) is 3. The molecule has 3 rings (SSSR count). The number of aromatic amines is 1. The van der Waals surface area contributed by atoms with Gasteiger partial charge in [0.25, 0.3) is 5.56 Å². The second-order valence-electron chi connectivity index (χ2n) is 5.69. The summed E-state index contributed by atoms with van der Waals surface area (Å²) in [4.78, 5) is 21.6. The van der Waals surface area contributed by atoms with Crippen LogP contribution in [0.5, 0.6) is 0 Å². The van der Waals surface area contributed by atoms with Gasteiger partial charge in [-0.3, -0.25) is 9.69 Å². The number of aryl methyl sites for hydroxylation is 1. The molecule has 0 amide bonds. The molecule has 1 heterocycles. The molecule has 1 aromatic heterocycles. The molecule has 0 aliphatic rings. The third kappa shape index (κ3) is 3.23. The molecule has 0 radical (unpaired) electrons. The Labute approximate surface area is 129 Å². The van der Waals surface area contributed by atoms with Crippen LogP contribution >= 0.6 is 0 Å². The van der Waals surface area contributed by atoms with Crippen LogP contribution < -0.4 is 5.56 Å². The average molecular weight is 293 g/mol. The maximum absolute atomic E-state index is 12.1. The Balaban J connectivity index is 1.79. The molecule has 112 valence electrons. The summed E-state index contributed by atoms with van der Waals surface area (Å²) in [6, 6.07) is 15.8. The topological polar surface area (TPSA) is 49.0 Å². The monoisotopic (exact) mass is 293 g/mol. The first-order chi connectivity index (χ1) is 10.6. The third-order valence-corrected chi connectivity index (χ3v) is 3.62. The van der Waals surface area contributed by atoms with Crippen LogP contribution in [0.15, 0.2) is 53.3 Å². The fourth-order valence-electron chi connectivity index (χ4n) is 2.64. The van der Waals surface area contributed by atoms with Gasteiger partial charge in [0.2, 0.25) is 0 Å². The van der Waals surface area contributed by atoms with Crippen LogP contribution in [0.2, 0.25) is 0 Å². The Morgan fingerprint density at radius 3 is 2.73 bits per heavy atom. The van der Waals surface area contributed by atoms with Crippen LogP contribution in [0.4, 0.5) is 0 Å². The molecular formula is C18H19N3O. The van der Waals surface area contributed by atoms with Crippen LogP contribution in [0.25, 0.3) is 10.9 Å². The van der Waals surface area contributed by atoms with E-state index in [0.29, 0.717) is 17.8 Å². The van der Waals surface area contributed by atoms with Gasteiger partial charge >= 0.3 is 0 Å². The minimum absolute atomic E-state index is 0.0791. The molecule has 0 unspecified atom stereocenters. The molecule has 0 spiro atoms. The highest BCUT2D eigenvalue weighted by molar-refractivity contribution is 5.77. The number of benzene rings is 2. The highest BCUT2D eigenvalue weighted by Gasteiger charge is 2.07. The van der Waals surface area contributed by atoms with Crippen molar-refractivity contribution < 1.29 is 0 Å². The van der Waals surface area contributed by atoms with Gasteiger partial charge in [-0.15, -0.1) is 0 Å². The first-order valence-corrected chi connectivity index (χ1v) is 7.34. The van der Waals surface area contributed by atoms with Crippen molar-refractivity contribution in [3.05, 3.63) is 75.8 Å². The lowest BCUT2D eigenvalue weighted by atomic mass is 10.1. The van der Waals surface area contributed by atoms with E-state index in [1.807, 2.05) is 25.2 Å². The number of fused-ring (bicyclic) bond motifs is 1. The lowest BCUT2D eigenvalue weighted by Gasteiger charge is -2.16. The number of H-pyrrole nitrogens is 1. The van der Waals surface area contributed by atoms with E-state index >= 15 is 0 Å². The van der Waals surface area contributed by atoms with E-state index in [1.165, 1.54) is 11.1 Å². The molecule has 4 heteroatoms. The molecule has 2 aromatic carbocycles. The fourth-order valence-corrected chi connectivity index (χ4v) is 2.64. The number of para-hydroxylation sites is 1. The second-order valence-corrected chi connectivity index (χ2v) is 5.69. The van der Waals surface area contributed by atoms with Crippen LogP contribution in [-0.2, 0) is 13.1 Å². The maximum Gasteiger partial charge on any atom is 0.258 e. The molecule has 1 N–H and O–H groups in total. The van der Waals surface area contributed by atoms with E-state index in [-0.39, 0.29) is 5.56 Å². The summed E-state index contributed by atoms with van der Waals surface area (Å²) in [6.07, 6.45) is 0. The SMILES string of the molecule is Cc1cccc(CN(C)Cc2nc3ccccc3c(=O)[nH]2)c1. The largest absolute Gasteiger partial charge is 0.309 e. The van der Waals surface area contributed by atoms with Gasteiger partial charge in [-0.25, -0.2) is 4.98 Å². The molecule has 0 bridgehead atoms. The van der Waals surface area contributed by atoms with Gasteiger partial charge in [0.1, 0.15) is 5.82 Å². The highest BCUT2D eigenvalue weighted by Crippen LogP contribution is 2.10. The van der Waals surface area contributed by atoms with Crippen molar-refractivity contribution >= 4 is 10.9 Å². The normalized spacial score (nSPS) is 11.2. The van der Waals surface area contributed by atoms with Gasteiger partial charge in [0.05, 0.1) is 17.4 Å². The lowest BCUT2D eigenvalue weighted by molar-refractivity contribution is 0.310. The molecule has 0 aliphatic carbocycles. The maximum atomic E-state index is 12.1. The Kier molecular flexibility index (Phi) is 4.02. The third-order valence-electron chi connectivity index (χ3n) is 3.62. The van der Waals surface area contributed by atoms with Crippen LogP contribution in [0.3, 0.4) is 0 Å². The zero-order valence-electron chi connectivity index (χ0n) is 12.8. The number of hydrogen-bond donors (Lipinski definition) is 1. The van der Waals surface area contributed by atoms with Crippen LogP contribution in [0, 0.1) is 6.92 Å². The summed E-state index contributed by atoms with van der Waals surface area (Å²) in [7, 11) is 2.03. The molecule has 0 saturated heterocycles. The summed E-state index contributed by atoms with van der Waals surface area (Å²) in [5.74, 6) is 0.693. The van der Waals surface area contributed by atoms with Gasteiger partial charge in [0, 0.05) is 6.54 Å².